The van der Waals surface area contributed by atoms with E-state index in [1.54, 1.807) is 12.1 Å². The monoisotopic (exact) mass is 419 g/mol. The summed E-state index contributed by atoms with van der Waals surface area (Å²) in [4.78, 5) is 30.5. The summed E-state index contributed by atoms with van der Waals surface area (Å²) in [7, 11) is 1.40. The number of methoxy groups -OCH3 is 1. The fourth-order valence-electron chi connectivity index (χ4n) is 3.15. The molecule has 158 valence electrons. The van der Waals surface area contributed by atoms with Gasteiger partial charge in [0.25, 0.3) is 5.56 Å². The molecule has 1 aromatic carbocycles. The maximum absolute atomic E-state index is 12.5. The van der Waals surface area contributed by atoms with E-state index in [-0.39, 0.29) is 17.0 Å². The predicted molar refractivity (Wildman–Crippen MR) is 116 cm³/mol. The van der Waals surface area contributed by atoms with Crippen LogP contribution in [-0.2, 0) is 12.2 Å². The van der Waals surface area contributed by atoms with Crippen LogP contribution in [0.25, 0.3) is 0 Å². The summed E-state index contributed by atoms with van der Waals surface area (Å²) < 4.78 is 5.02. The summed E-state index contributed by atoms with van der Waals surface area (Å²) in [6.45, 7) is 4.06. The fourth-order valence-corrected chi connectivity index (χ4v) is 4.00. The Labute approximate surface area is 175 Å². The molecule has 0 amide bonds. The molecule has 29 heavy (non-hydrogen) atoms. The number of hydrogen-bond acceptors (Lipinski definition) is 6. The van der Waals surface area contributed by atoms with Crippen molar-refractivity contribution in [3.63, 3.8) is 0 Å². The van der Waals surface area contributed by atoms with Gasteiger partial charge in [0.2, 0.25) is 0 Å². The van der Waals surface area contributed by atoms with Crippen LogP contribution in [0.4, 0.5) is 5.69 Å². The predicted octanol–water partition coefficient (Wildman–Crippen LogP) is 5.19. The second kappa shape index (κ2) is 11.6. The highest BCUT2D eigenvalue weighted by molar-refractivity contribution is 7.98. The lowest BCUT2D eigenvalue weighted by atomic mass is 10.1. The first-order valence-corrected chi connectivity index (χ1v) is 11.0. The Bertz CT molecular complexity index is 883. The number of aromatic amines is 1. The second-order valence-corrected chi connectivity index (χ2v) is 7.97. The molecule has 1 N–H and O–H groups in total. The largest absolute Gasteiger partial charge is 0.490 e. The SMILES string of the molecule is CCCCCCCCc1c(C)nc(SCc2ccc(OC)c([N+](=O)[O-])c2)[nH]c1=O. The van der Waals surface area contributed by atoms with Gasteiger partial charge in [-0.15, -0.1) is 0 Å². The molecular weight excluding hydrogens is 390 g/mol. The Morgan fingerprint density at radius 2 is 1.93 bits per heavy atom. The first kappa shape index (κ1) is 22.9. The number of nitro benzene ring substituents is 1. The van der Waals surface area contributed by atoms with Crippen LogP contribution < -0.4 is 10.3 Å². The Morgan fingerprint density at radius 3 is 2.59 bits per heavy atom. The van der Waals surface area contributed by atoms with Crippen molar-refractivity contribution in [1.29, 1.82) is 0 Å². The van der Waals surface area contributed by atoms with Crippen molar-refractivity contribution in [3.8, 4) is 5.75 Å². The minimum atomic E-state index is -0.464. The maximum atomic E-state index is 12.5. The van der Waals surface area contributed by atoms with E-state index in [2.05, 4.69) is 16.9 Å². The summed E-state index contributed by atoms with van der Waals surface area (Å²) in [6.07, 6.45) is 7.83. The van der Waals surface area contributed by atoms with Crippen LogP contribution in [0.2, 0.25) is 0 Å². The van der Waals surface area contributed by atoms with Gasteiger partial charge in [-0.25, -0.2) is 4.98 Å². The van der Waals surface area contributed by atoms with Crippen molar-refractivity contribution in [3.05, 3.63) is 55.5 Å². The van der Waals surface area contributed by atoms with Gasteiger partial charge in [0, 0.05) is 23.1 Å². The van der Waals surface area contributed by atoms with E-state index >= 15 is 0 Å². The lowest BCUT2D eigenvalue weighted by Crippen LogP contribution is -2.17. The van der Waals surface area contributed by atoms with Crippen molar-refractivity contribution in [1.82, 2.24) is 9.97 Å². The van der Waals surface area contributed by atoms with E-state index in [4.69, 9.17) is 4.74 Å². The molecule has 1 aromatic heterocycles. The van der Waals surface area contributed by atoms with Gasteiger partial charge in [0.05, 0.1) is 12.0 Å². The van der Waals surface area contributed by atoms with E-state index in [9.17, 15) is 14.9 Å². The molecule has 7 nitrogen and oxygen atoms in total. The number of benzene rings is 1. The van der Waals surface area contributed by atoms with Crippen LogP contribution in [-0.4, -0.2) is 22.0 Å². The quantitative estimate of drug-likeness (QED) is 0.167. The van der Waals surface area contributed by atoms with Gasteiger partial charge in [0.15, 0.2) is 10.9 Å². The van der Waals surface area contributed by atoms with Crippen molar-refractivity contribution < 1.29 is 9.66 Å². The normalized spacial score (nSPS) is 10.9. The summed E-state index contributed by atoms with van der Waals surface area (Å²) >= 11 is 1.35. The lowest BCUT2D eigenvalue weighted by Gasteiger charge is -2.08. The van der Waals surface area contributed by atoms with Crippen LogP contribution in [0.5, 0.6) is 5.75 Å². The van der Waals surface area contributed by atoms with E-state index < -0.39 is 4.92 Å². The van der Waals surface area contributed by atoms with Gasteiger partial charge >= 0.3 is 5.69 Å². The zero-order valence-corrected chi connectivity index (χ0v) is 18.1. The third-order valence-electron chi connectivity index (χ3n) is 4.80. The molecule has 8 heteroatoms. The van der Waals surface area contributed by atoms with Crippen LogP contribution in [0, 0.1) is 17.0 Å². The standard InChI is InChI=1S/C21H29N3O4S/c1-4-5-6-7-8-9-10-17-15(2)22-21(23-20(17)25)29-14-16-11-12-19(28-3)18(13-16)24(26)27/h11-13H,4-10,14H2,1-3H3,(H,22,23,25). The van der Waals surface area contributed by atoms with Crippen LogP contribution in [0.3, 0.4) is 0 Å². The van der Waals surface area contributed by atoms with Gasteiger partial charge in [-0.1, -0.05) is 56.9 Å². The zero-order chi connectivity index (χ0) is 21.2. The third-order valence-corrected chi connectivity index (χ3v) is 5.74. The zero-order valence-electron chi connectivity index (χ0n) is 17.3. The van der Waals surface area contributed by atoms with E-state index in [1.807, 2.05) is 6.92 Å². The average molecular weight is 420 g/mol. The molecule has 0 saturated carbocycles. The molecule has 2 aromatic rings. The number of H-pyrrole nitrogens is 1. The number of aromatic nitrogens is 2. The maximum Gasteiger partial charge on any atom is 0.311 e. The van der Waals surface area contributed by atoms with Gasteiger partial charge in [-0.05, 0) is 31.4 Å². The van der Waals surface area contributed by atoms with Crippen LogP contribution >= 0.6 is 11.8 Å². The van der Waals surface area contributed by atoms with E-state index in [0.717, 1.165) is 36.1 Å². The molecule has 0 spiro atoms. The average Bonchev–Trinajstić information content (AvgIpc) is 2.70. The Kier molecular flexibility index (Phi) is 9.18. The first-order valence-electron chi connectivity index (χ1n) is 10.00. The summed E-state index contributed by atoms with van der Waals surface area (Å²) in [5.74, 6) is 0.689. The molecule has 0 fully saturated rings. The highest BCUT2D eigenvalue weighted by Crippen LogP contribution is 2.30. The van der Waals surface area contributed by atoms with E-state index in [0.29, 0.717) is 10.9 Å². The molecule has 0 unspecified atom stereocenters. The van der Waals surface area contributed by atoms with Crippen molar-refractivity contribution in [2.75, 3.05) is 7.11 Å². The van der Waals surface area contributed by atoms with Gasteiger partial charge < -0.3 is 9.72 Å². The van der Waals surface area contributed by atoms with Crippen LogP contribution in [0.15, 0.2) is 28.2 Å². The number of aryl methyl sites for hydroxylation is 1. The summed E-state index contributed by atoms with van der Waals surface area (Å²) in [5.41, 5.74) is 2.11. The smallest absolute Gasteiger partial charge is 0.311 e. The Hall–Kier alpha value is -2.35. The fraction of sp³-hybridized carbons (Fsp3) is 0.524. The molecule has 2 rings (SSSR count). The molecule has 0 aliphatic carbocycles. The molecule has 0 saturated heterocycles. The number of ether oxygens (including phenoxy) is 1. The minimum absolute atomic E-state index is 0.0717. The minimum Gasteiger partial charge on any atom is -0.490 e. The molecule has 1 heterocycles. The number of nitro groups is 1. The molecule has 0 bridgehead atoms. The topological polar surface area (TPSA) is 98.1 Å². The number of nitrogens with one attached hydrogen (secondary N) is 1. The third kappa shape index (κ3) is 6.88. The van der Waals surface area contributed by atoms with Gasteiger partial charge in [-0.2, -0.15) is 0 Å². The van der Waals surface area contributed by atoms with Crippen molar-refractivity contribution in [2.45, 2.75) is 69.7 Å². The number of rotatable bonds is 12. The Morgan fingerprint density at radius 1 is 1.21 bits per heavy atom. The van der Waals surface area contributed by atoms with Gasteiger partial charge in [0.1, 0.15) is 0 Å². The second-order valence-electron chi connectivity index (χ2n) is 7.00. The molecule has 0 atom stereocenters. The molecule has 0 radical (unpaired) electrons. The highest BCUT2D eigenvalue weighted by Gasteiger charge is 2.15. The lowest BCUT2D eigenvalue weighted by molar-refractivity contribution is -0.385. The Balaban J connectivity index is 1.98. The first-order chi connectivity index (χ1) is 14.0. The van der Waals surface area contributed by atoms with Crippen molar-refractivity contribution in [2.24, 2.45) is 0 Å². The van der Waals surface area contributed by atoms with Crippen LogP contribution in [0.1, 0.15) is 62.3 Å². The van der Waals surface area contributed by atoms with Gasteiger partial charge in [-0.3, -0.25) is 14.9 Å². The summed E-state index contributed by atoms with van der Waals surface area (Å²) in [5, 5.41) is 11.7. The number of hydrogen-bond donors (Lipinski definition) is 1. The highest BCUT2D eigenvalue weighted by atomic mass is 32.2. The number of nitrogens with zero attached hydrogens (tertiary/aromatic N) is 2. The molecule has 0 aliphatic rings. The molecular formula is C21H29N3O4S. The summed E-state index contributed by atoms with van der Waals surface area (Å²) in [6, 6.07) is 4.85. The molecule has 0 aliphatic heterocycles. The van der Waals surface area contributed by atoms with Crippen molar-refractivity contribution >= 4 is 17.4 Å². The van der Waals surface area contributed by atoms with E-state index in [1.165, 1.54) is 50.6 Å². The number of thioether (sulfide) groups is 1. The number of unbranched alkanes of at least 4 members (excludes halogenated alkanes) is 5.